The van der Waals surface area contributed by atoms with Gasteiger partial charge in [0.15, 0.2) is 23.0 Å². The maximum absolute atomic E-state index is 14.9. The van der Waals surface area contributed by atoms with Gasteiger partial charge in [0.1, 0.15) is 22.2 Å². The molecule has 11 nitrogen and oxygen atoms in total. The normalized spacial score (nSPS) is 18.6. The molecule has 1 aliphatic rings. The summed E-state index contributed by atoms with van der Waals surface area (Å²) in [6, 6.07) is 1.60. The number of aromatic nitrogens is 8. The van der Waals surface area contributed by atoms with Crippen molar-refractivity contribution in [2.75, 3.05) is 25.5 Å². The number of fused-ring (bicyclic) bond motifs is 2. The molecule has 0 spiro atoms. The number of hydrogen-bond acceptors (Lipinski definition) is 8. The third-order valence-electron chi connectivity index (χ3n) is 6.77. The standard InChI is InChI=1S/C25H28ClFN10O/c1-25(2,3)19-8-20(33-37(19)16-13-34(4)12-14(16)27)31-24-32-23-22(35(24)5)21(26)18(10-29-23)38-17-11-30-36-7-6-28-9-15(17)36/h6-11,14,16H,12-13H2,1-5H3,(H,29,31,32,33)/t14-,16-/m0/s1. The van der Waals surface area contributed by atoms with Crippen molar-refractivity contribution in [2.24, 2.45) is 7.05 Å². The highest BCUT2D eigenvalue weighted by molar-refractivity contribution is 6.36. The average molecular weight is 539 g/mol. The number of alkyl halides is 1. The van der Waals surface area contributed by atoms with Crippen LogP contribution in [-0.4, -0.2) is 70.1 Å². The summed E-state index contributed by atoms with van der Waals surface area (Å²) in [6.07, 6.45) is 7.18. The average Bonchev–Trinajstić information content (AvgIpc) is 3.62. The summed E-state index contributed by atoms with van der Waals surface area (Å²) < 4.78 is 26.2. The number of imidazole rings is 1. The Labute approximate surface area is 223 Å². The van der Waals surface area contributed by atoms with Gasteiger partial charge in [-0.1, -0.05) is 32.4 Å². The molecule has 6 heterocycles. The van der Waals surface area contributed by atoms with Gasteiger partial charge >= 0.3 is 0 Å². The summed E-state index contributed by atoms with van der Waals surface area (Å²) in [6.45, 7) is 7.27. The van der Waals surface area contributed by atoms with E-state index in [0.717, 1.165) is 5.69 Å². The topological polar surface area (TPSA) is 103 Å². The molecular formula is C25H28ClFN10O. The van der Waals surface area contributed by atoms with Crippen molar-refractivity contribution in [2.45, 2.75) is 38.4 Å². The third kappa shape index (κ3) is 4.13. The Hall–Kier alpha value is -3.77. The molecular weight excluding hydrogens is 511 g/mol. The van der Waals surface area contributed by atoms with Gasteiger partial charge < -0.3 is 19.5 Å². The molecule has 198 valence electrons. The van der Waals surface area contributed by atoms with E-state index in [2.05, 4.69) is 46.1 Å². The molecule has 0 aromatic carbocycles. The zero-order chi connectivity index (χ0) is 26.8. The Morgan fingerprint density at radius 1 is 1.13 bits per heavy atom. The van der Waals surface area contributed by atoms with Gasteiger partial charge in [-0.25, -0.2) is 13.9 Å². The second-order valence-electron chi connectivity index (χ2n) is 10.7. The van der Waals surface area contributed by atoms with Crippen molar-refractivity contribution in [1.82, 2.24) is 43.8 Å². The second kappa shape index (κ2) is 8.91. The van der Waals surface area contributed by atoms with E-state index in [4.69, 9.17) is 21.4 Å². The Kier molecular flexibility index (Phi) is 5.76. The van der Waals surface area contributed by atoms with Gasteiger partial charge in [0.25, 0.3) is 0 Å². The van der Waals surface area contributed by atoms with Gasteiger partial charge in [-0.3, -0.25) is 9.67 Å². The van der Waals surface area contributed by atoms with Crippen molar-refractivity contribution in [3.63, 3.8) is 0 Å². The van der Waals surface area contributed by atoms with Crippen molar-refractivity contribution in [1.29, 1.82) is 0 Å². The predicted octanol–water partition coefficient (Wildman–Crippen LogP) is 4.52. The van der Waals surface area contributed by atoms with Crippen LogP contribution >= 0.6 is 11.6 Å². The molecule has 0 radical (unpaired) electrons. The van der Waals surface area contributed by atoms with E-state index in [0.29, 0.717) is 58.1 Å². The first kappa shape index (κ1) is 24.6. The molecule has 5 aromatic rings. The maximum Gasteiger partial charge on any atom is 0.210 e. The minimum Gasteiger partial charge on any atom is -0.450 e. The van der Waals surface area contributed by atoms with Crippen molar-refractivity contribution in [3.05, 3.63) is 47.8 Å². The lowest BCUT2D eigenvalue weighted by atomic mass is 9.91. The minimum atomic E-state index is -0.991. The minimum absolute atomic E-state index is 0.231. The lowest BCUT2D eigenvalue weighted by molar-refractivity contribution is 0.258. The molecule has 0 unspecified atom stereocenters. The van der Waals surface area contributed by atoms with Crippen molar-refractivity contribution < 1.29 is 9.13 Å². The number of nitrogens with one attached hydrogen (secondary N) is 1. The highest BCUT2D eigenvalue weighted by Gasteiger charge is 2.36. The molecule has 1 saturated heterocycles. The zero-order valence-electron chi connectivity index (χ0n) is 21.7. The summed E-state index contributed by atoms with van der Waals surface area (Å²) >= 11 is 6.77. The number of likely N-dealkylation sites (N-methyl/N-ethyl adjacent to an activating group) is 1. The van der Waals surface area contributed by atoms with Crippen LogP contribution in [0.25, 0.3) is 16.7 Å². The van der Waals surface area contributed by atoms with E-state index in [-0.39, 0.29) is 11.5 Å². The van der Waals surface area contributed by atoms with E-state index in [1.165, 1.54) is 6.20 Å². The van der Waals surface area contributed by atoms with Gasteiger partial charge in [-0.2, -0.15) is 15.2 Å². The SMILES string of the molecule is CN1C[C@H](F)[C@@H](n2nc(Nc3nc4ncc(Oc5cnn6ccncc56)c(Cl)c4n3C)cc2C(C)(C)C)C1. The number of hydrogen-bond donors (Lipinski definition) is 1. The highest BCUT2D eigenvalue weighted by atomic mass is 35.5. The Balaban J connectivity index is 1.34. The van der Waals surface area contributed by atoms with E-state index < -0.39 is 6.17 Å². The summed E-state index contributed by atoms with van der Waals surface area (Å²) in [5, 5.41) is 12.7. The zero-order valence-corrected chi connectivity index (χ0v) is 22.5. The van der Waals surface area contributed by atoms with Gasteiger partial charge in [0.2, 0.25) is 5.95 Å². The largest absolute Gasteiger partial charge is 0.450 e. The van der Waals surface area contributed by atoms with Crippen LogP contribution < -0.4 is 10.1 Å². The number of halogens is 2. The predicted molar refractivity (Wildman–Crippen MR) is 142 cm³/mol. The van der Waals surface area contributed by atoms with E-state index in [1.807, 2.05) is 29.7 Å². The van der Waals surface area contributed by atoms with Crippen LogP contribution in [0.1, 0.15) is 32.5 Å². The molecule has 1 N–H and O–H groups in total. The van der Waals surface area contributed by atoms with Crippen LogP contribution in [-0.2, 0) is 12.5 Å². The number of nitrogens with zero attached hydrogens (tertiary/aromatic N) is 9. The maximum atomic E-state index is 14.9. The van der Waals surface area contributed by atoms with E-state index >= 15 is 0 Å². The fourth-order valence-electron chi connectivity index (χ4n) is 4.85. The molecule has 38 heavy (non-hydrogen) atoms. The number of pyridine rings is 1. The molecule has 6 rings (SSSR count). The number of aryl methyl sites for hydroxylation is 1. The Bertz CT molecular complexity index is 1650. The molecule has 1 fully saturated rings. The first-order valence-corrected chi connectivity index (χ1v) is 12.6. The second-order valence-corrected chi connectivity index (χ2v) is 11.0. The third-order valence-corrected chi connectivity index (χ3v) is 7.14. The van der Waals surface area contributed by atoms with Crippen LogP contribution in [0, 0.1) is 0 Å². The lowest BCUT2D eigenvalue weighted by Gasteiger charge is -2.24. The van der Waals surface area contributed by atoms with Crippen LogP contribution in [0.5, 0.6) is 11.5 Å². The lowest BCUT2D eigenvalue weighted by Crippen LogP contribution is -2.27. The van der Waals surface area contributed by atoms with Crippen LogP contribution in [0.3, 0.4) is 0 Å². The molecule has 1 aliphatic heterocycles. The van der Waals surface area contributed by atoms with Gasteiger partial charge in [0, 0.05) is 49.7 Å². The number of rotatable bonds is 5. The molecule has 0 saturated carbocycles. The van der Waals surface area contributed by atoms with Crippen LogP contribution in [0.2, 0.25) is 5.02 Å². The quantitative estimate of drug-likeness (QED) is 0.348. The van der Waals surface area contributed by atoms with Gasteiger partial charge in [-0.15, -0.1) is 0 Å². The summed E-state index contributed by atoms with van der Waals surface area (Å²) in [5.74, 6) is 1.94. The van der Waals surface area contributed by atoms with Crippen LogP contribution in [0.4, 0.5) is 16.2 Å². The monoisotopic (exact) mass is 538 g/mol. The first-order chi connectivity index (χ1) is 18.1. The van der Waals surface area contributed by atoms with Crippen molar-refractivity contribution in [3.8, 4) is 11.5 Å². The fourth-order valence-corrected chi connectivity index (χ4v) is 5.15. The van der Waals surface area contributed by atoms with E-state index in [1.54, 1.807) is 33.9 Å². The van der Waals surface area contributed by atoms with E-state index in [9.17, 15) is 4.39 Å². The molecule has 2 atom stereocenters. The summed E-state index contributed by atoms with van der Waals surface area (Å²) in [5.41, 5.74) is 2.45. The Morgan fingerprint density at radius 2 is 1.95 bits per heavy atom. The van der Waals surface area contributed by atoms with Crippen LogP contribution in [0.15, 0.2) is 37.1 Å². The highest BCUT2D eigenvalue weighted by Crippen LogP contribution is 2.37. The Morgan fingerprint density at radius 3 is 2.68 bits per heavy atom. The number of likely N-dealkylation sites (tertiary alicyclic amines) is 1. The van der Waals surface area contributed by atoms with Gasteiger partial charge in [0.05, 0.1) is 24.6 Å². The molecule has 13 heteroatoms. The first-order valence-electron chi connectivity index (χ1n) is 12.3. The number of anilines is 2. The molecule has 0 aliphatic carbocycles. The molecule has 0 amide bonds. The molecule has 0 bridgehead atoms. The summed E-state index contributed by atoms with van der Waals surface area (Å²) in [4.78, 5) is 15.2. The van der Waals surface area contributed by atoms with Gasteiger partial charge in [-0.05, 0) is 7.05 Å². The summed E-state index contributed by atoms with van der Waals surface area (Å²) in [7, 11) is 3.76. The smallest absolute Gasteiger partial charge is 0.210 e. The van der Waals surface area contributed by atoms with Crippen molar-refractivity contribution >= 4 is 40.0 Å². The fraction of sp³-hybridized carbons (Fsp3) is 0.400. The molecule has 5 aromatic heterocycles. The number of ether oxygens (including phenoxy) is 1.